The highest BCUT2D eigenvalue weighted by atomic mass is 16.3. The van der Waals surface area contributed by atoms with Crippen LogP contribution in [0.1, 0.15) is 18.7 Å². The maximum atomic E-state index is 5.62. The molecule has 3 heterocycles. The Labute approximate surface area is 117 Å². The molecule has 0 saturated heterocycles. The Morgan fingerprint density at radius 3 is 2.90 bits per heavy atom. The summed E-state index contributed by atoms with van der Waals surface area (Å²) in [5.41, 5.74) is 7.65. The number of anilines is 1. The highest BCUT2D eigenvalue weighted by molar-refractivity contribution is 5.59. The number of hydrogen-bond acceptors (Lipinski definition) is 4. The van der Waals surface area contributed by atoms with E-state index in [9.17, 15) is 0 Å². The highest BCUT2D eigenvalue weighted by Gasteiger charge is 2.13. The van der Waals surface area contributed by atoms with E-state index >= 15 is 0 Å². The van der Waals surface area contributed by atoms with Gasteiger partial charge in [0, 0.05) is 24.2 Å². The number of nitrogens with zero attached hydrogens (tertiary/aromatic N) is 3. The fourth-order valence-corrected chi connectivity index (χ4v) is 2.25. The number of nitrogen functional groups attached to an aromatic ring is 1. The quantitative estimate of drug-likeness (QED) is 0.789. The summed E-state index contributed by atoms with van der Waals surface area (Å²) in [5.74, 6) is 1.48. The van der Waals surface area contributed by atoms with Crippen LogP contribution in [-0.2, 0) is 6.42 Å². The van der Waals surface area contributed by atoms with Crippen LogP contribution >= 0.6 is 0 Å². The van der Waals surface area contributed by atoms with Crippen molar-refractivity contribution in [2.45, 2.75) is 19.4 Å². The molecule has 102 valence electrons. The van der Waals surface area contributed by atoms with E-state index in [-0.39, 0.29) is 6.04 Å². The second-order valence-electron chi connectivity index (χ2n) is 4.79. The Bertz CT molecular complexity index is 670. The van der Waals surface area contributed by atoms with Crippen molar-refractivity contribution in [3.8, 4) is 11.3 Å². The normalized spacial score (nSPS) is 12.4. The molecule has 2 N–H and O–H groups in total. The van der Waals surface area contributed by atoms with Gasteiger partial charge in [0.05, 0.1) is 24.5 Å². The zero-order valence-electron chi connectivity index (χ0n) is 11.2. The van der Waals surface area contributed by atoms with E-state index < -0.39 is 0 Å². The number of pyridine rings is 1. The zero-order chi connectivity index (χ0) is 13.9. The Morgan fingerprint density at radius 2 is 2.20 bits per heavy atom. The number of aromatic nitrogens is 3. The van der Waals surface area contributed by atoms with Crippen molar-refractivity contribution in [1.29, 1.82) is 0 Å². The van der Waals surface area contributed by atoms with Crippen LogP contribution in [0.15, 0.2) is 53.7 Å². The summed E-state index contributed by atoms with van der Waals surface area (Å²) in [4.78, 5) is 8.37. The molecular formula is C15H16N4O. The molecule has 5 nitrogen and oxygen atoms in total. The van der Waals surface area contributed by atoms with E-state index in [1.165, 1.54) is 0 Å². The predicted octanol–water partition coefficient (Wildman–Crippen LogP) is 2.92. The van der Waals surface area contributed by atoms with Crippen LogP contribution < -0.4 is 5.73 Å². The molecule has 5 heteroatoms. The van der Waals surface area contributed by atoms with Crippen molar-refractivity contribution in [1.82, 2.24) is 14.5 Å². The van der Waals surface area contributed by atoms with Gasteiger partial charge in [-0.2, -0.15) is 0 Å². The van der Waals surface area contributed by atoms with Crippen molar-refractivity contribution in [3.63, 3.8) is 0 Å². The number of hydrogen-bond donors (Lipinski definition) is 1. The van der Waals surface area contributed by atoms with Gasteiger partial charge in [-0.25, -0.2) is 9.97 Å². The lowest BCUT2D eigenvalue weighted by Crippen LogP contribution is -2.08. The van der Waals surface area contributed by atoms with Crippen LogP contribution in [-0.4, -0.2) is 14.5 Å². The largest absolute Gasteiger partial charge is 0.469 e. The molecule has 0 bridgehead atoms. The van der Waals surface area contributed by atoms with Crippen LogP contribution in [0.4, 0.5) is 5.82 Å². The fourth-order valence-electron chi connectivity index (χ4n) is 2.25. The van der Waals surface area contributed by atoms with Gasteiger partial charge < -0.3 is 14.7 Å². The molecule has 0 aromatic carbocycles. The van der Waals surface area contributed by atoms with Crippen LogP contribution in [0.5, 0.6) is 0 Å². The minimum absolute atomic E-state index is 0.246. The van der Waals surface area contributed by atoms with E-state index in [4.69, 9.17) is 10.2 Å². The number of nitrogens with two attached hydrogens (primary N) is 1. The molecule has 0 aliphatic carbocycles. The second kappa shape index (κ2) is 5.21. The Kier molecular flexibility index (Phi) is 3.25. The summed E-state index contributed by atoms with van der Waals surface area (Å²) in [7, 11) is 0. The van der Waals surface area contributed by atoms with Crippen LogP contribution in [0.25, 0.3) is 11.3 Å². The lowest BCUT2D eigenvalue weighted by atomic mass is 10.1. The molecule has 20 heavy (non-hydrogen) atoms. The SMILES string of the molecule is CC(Cc1ccco1)n1cncc1-c1ccc(N)nc1. The molecule has 0 fully saturated rings. The summed E-state index contributed by atoms with van der Waals surface area (Å²) < 4.78 is 7.52. The third kappa shape index (κ3) is 2.42. The van der Waals surface area contributed by atoms with Crippen molar-refractivity contribution in [2.24, 2.45) is 0 Å². The molecule has 1 atom stereocenters. The highest BCUT2D eigenvalue weighted by Crippen LogP contribution is 2.24. The molecule has 0 amide bonds. The molecular weight excluding hydrogens is 252 g/mol. The molecule has 0 radical (unpaired) electrons. The maximum Gasteiger partial charge on any atom is 0.123 e. The first-order chi connectivity index (χ1) is 9.74. The molecule has 0 aliphatic rings. The van der Waals surface area contributed by atoms with E-state index in [2.05, 4.69) is 21.5 Å². The minimum Gasteiger partial charge on any atom is -0.469 e. The van der Waals surface area contributed by atoms with Gasteiger partial charge in [0.15, 0.2) is 0 Å². The van der Waals surface area contributed by atoms with Gasteiger partial charge in [-0.15, -0.1) is 0 Å². The Hall–Kier alpha value is -2.56. The van der Waals surface area contributed by atoms with Gasteiger partial charge in [-0.1, -0.05) is 0 Å². The molecule has 3 aromatic heterocycles. The van der Waals surface area contributed by atoms with Crippen LogP contribution in [0, 0.1) is 0 Å². The van der Waals surface area contributed by atoms with Gasteiger partial charge in [-0.05, 0) is 31.2 Å². The summed E-state index contributed by atoms with van der Waals surface area (Å²) in [6.07, 6.45) is 7.95. The monoisotopic (exact) mass is 268 g/mol. The summed E-state index contributed by atoms with van der Waals surface area (Å²) in [6.45, 7) is 2.14. The van der Waals surface area contributed by atoms with Crippen molar-refractivity contribution in [2.75, 3.05) is 5.73 Å². The van der Waals surface area contributed by atoms with Gasteiger partial charge in [0.2, 0.25) is 0 Å². The third-order valence-corrected chi connectivity index (χ3v) is 3.30. The van der Waals surface area contributed by atoms with E-state index in [1.807, 2.05) is 30.7 Å². The minimum atomic E-state index is 0.246. The second-order valence-corrected chi connectivity index (χ2v) is 4.79. The van der Waals surface area contributed by atoms with Crippen molar-refractivity contribution in [3.05, 3.63) is 55.0 Å². The maximum absolute atomic E-state index is 5.62. The number of rotatable bonds is 4. The molecule has 1 unspecified atom stereocenters. The first-order valence-corrected chi connectivity index (χ1v) is 6.50. The zero-order valence-corrected chi connectivity index (χ0v) is 11.2. The van der Waals surface area contributed by atoms with E-state index in [0.29, 0.717) is 5.82 Å². The first kappa shape index (κ1) is 12.5. The fraction of sp³-hybridized carbons (Fsp3) is 0.200. The molecule has 3 rings (SSSR count). The smallest absolute Gasteiger partial charge is 0.123 e. The predicted molar refractivity (Wildman–Crippen MR) is 77.0 cm³/mol. The standard InChI is InChI=1S/C15H16N4O/c1-11(7-13-3-2-6-20-13)19-10-17-9-14(19)12-4-5-15(16)18-8-12/h2-6,8-11H,7H2,1H3,(H2,16,18). The summed E-state index contributed by atoms with van der Waals surface area (Å²) in [5, 5.41) is 0. The van der Waals surface area contributed by atoms with E-state index in [0.717, 1.165) is 23.4 Å². The van der Waals surface area contributed by atoms with Gasteiger partial charge in [-0.3, -0.25) is 0 Å². The van der Waals surface area contributed by atoms with Gasteiger partial charge in [0.1, 0.15) is 11.6 Å². The number of imidazole rings is 1. The molecule has 0 aliphatic heterocycles. The summed E-state index contributed by atoms with van der Waals surface area (Å²) in [6, 6.07) is 7.88. The third-order valence-electron chi connectivity index (χ3n) is 3.30. The molecule has 0 saturated carbocycles. The van der Waals surface area contributed by atoms with Crippen LogP contribution in [0.3, 0.4) is 0 Å². The van der Waals surface area contributed by atoms with Crippen molar-refractivity contribution >= 4 is 5.82 Å². The Morgan fingerprint density at radius 1 is 1.30 bits per heavy atom. The first-order valence-electron chi connectivity index (χ1n) is 6.50. The van der Waals surface area contributed by atoms with Gasteiger partial charge in [0.25, 0.3) is 0 Å². The average molecular weight is 268 g/mol. The topological polar surface area (TPSA) is 69.9 Å². The average Bonchev–Trinajstić information content (AvgIpc) is 3.10. The molecule has 0 spiro atoms. The van der Waals surface area contributed by atoms with Crippen molar-refractivity contribution < 1.29 is 4.42 Å². The molecule has 3 aromatic rings. The summed E-state index contributed by atoms with van der Waals surface area (Å²) >= 11 is 0. The lowest BCUT2D eigenvalue weighted by molar-refractivity contribution is 0.450. The van der Waals surface area contributed by atoms with Gasteiger partial charge >= 0.3 is 0 Å². The Balaban J connectivity index is 1.87. The lowest BCUT2D eigenvalue weighted by Gasteiger charge is -2.15. The van der Waals surface area contributed by atoms with Crippen LogP contribution in [0.2, 0.25) is 0 Å². The number of furan rings is 1. The van der Waals surface area contributed by atoms with E-state index in [1.54, 1.807) is 18.5 Å².